The SMILES string of the molecule is CNC(=O)c1ccc(C(=O)NC2CCN(C(=O)CCc3nc4c(OC)cccc4c(=O)[nH]3)CC2)nc1. The largest absolute Gasteiger partial charge is 0.494 e. The van der Waals surface area contributed by atoms with Gasteiger partial charge in [-0.1, -0.05) is 6.07 Å². The summed E-state index contributed by atoms with van der Waals surface area (Å²) in [5.41, 5.74) is 0.814. The summed E-state index contributed by atoms with van der Waals surface area (Å²) in [5.74, 6) is 0.323. The number of benzene rings is 1. The van der Waals surface area contributed by atoms with Gasteiger partial charge in [0.15, 0.2) is 0 Å². The lowest BCUT2D eigenvalue weighted by Gasteiger charge is -2.32. The maximum Gasteiger partial charge on any atom is 0.270 e. The lowest BCUT2D eigenvalue weighted by molar-refractivity contribution is -0.132. The summed E-state index contributed by atoms with van der Waals surface area (Å²) in [6, 6.07) is 8.13. The van der Waals surface area contributed by atoms with E-state index in [1.54, 1.807) is 29.2 Å². The first-order valence-corrected chi connectivity index (χ1v) is 11.7. The topological polar surface area (TPSA) is 146 Å². The van der Waals surface area contributed by atoms with Crippen LogP contribution < -0.4 is 20.9 Å². The van der Waals surface area contributed by atoms with Gasteiger partial charge in [0.25, 0.3) is 17.4 Å². The van der Waals surface area contributed by atoms with Gasteiger partial charge in [-0.05, 0) is 37.1 Å². The van der Waals surface area contributed by atoms with Crippen molar-refractivity contribution in [1.29, 1.82) is 0 Å². The molecule has 36 heavy (non-hydrogen) atoms. The molecule has 1 aromatic carbocycles. The Morgan fingerprint density at radius 2 is 1.92 bits per heavy atom. The number of piperidine rings is 1. The van der Waals surface area contributed by atoms with E-state index >= 15 is 0 Å². The molecule has 0 saturated carbocycles. The first kappa shape index (κ1) is 24.8. The third-order valence-electron chi connectivity index (χ3n) is 6.21. The molecule has 1 aliphatic rings. The van der Waals surface area contributed by atoms with Crippen LogP contribution in [0.5, 0.6) is 5.75 Å². The number of methoxy groups -OCH3 is 1. The molecule has 0 radical (unpaired) electrons. The lowest BCUT2D eigenvalue weighted by Crippen LogP contribution is -2.46. The molecule has 11 heteroatoms. The van der Waals surface area contributed by atoms with Gasteiger partial charge >= 0.3 is 0 Å². The van der Waals surface area contributed by atoms with Crippen molar-refractivity contribution in [2.45, 2.75) is 31.7 Å². The first-order chi connectivity index (χ1) is 17.4. The van der Waals surface area contributed by atoms with Crippen molar-refractivity contribution >= 4 is 28.6 Å². The van der Waals surface area contributed by atoms with Gasteiger partial charge in [-0.2, -0.15) is 0 Å². The summed E-state index contributed by atoms with van der Waals surface area (Å²) in [5, 5.41) is 5.89. The van der Waals surface area contributed by atoms with Crippen molar-refractivity contribution in [3.05, 3.63) is 64.0 Å². The Bertz CT molecular complexity index is 1330. The monoisotopic (exact) mass is 492 g/mol. The second-order valence-electron chi connectivity index (χ2n) is 8.51. The Kier molecular flexibility index (Phi) is 7.57. The minimum Gasteiger partial charge on any atom is -0.494 e. The molecule has 0 aliphatic carbocycles. The molecule has 0 unspecified atom stereocenters. The predicted molar refractivity (Wildman–Crippen MR) is 132 cm³/mol. The molecule has 3 N–H and O–H groups in total. The Labute approximate surface area is 207 Å². The number of aromatic amines is 1. The molecule has 3 aromatic rings. The fourth-order valence-electron chi connectivity index (χ4n) is 4.19. The minimum atomic E-state index is -0.315. The van der Waals surface area contributed by atoms with Crippen LogP contribution in [0.4, 0.5) is 0 Å². The third-order valence-corrected chi connectivity index (χ3v) is 6.21. The van der Waals surface area contributed by atoms with E-state index in [1.807, 2.05) is 0 Å². The number of aryl methyl sites for hydroxylation is 1. The van der Waals surface area contributed by atoms with Crippen LogP contribution in [0.15, 0.2) is 41.3 Å². The first-order valence-electron chi connectivity index (χ1n) is 11.7. The Morgan fingerprint density at radius 1 is 1.14 bits per heavy atom. The molecule has 2 aromatic heterocycles. The number of fused-ring (bicyclic) bond motifs is 1. The van der Waals surface area contributed by atoms with Gasteiger partial charge < -0.3 is 25.3 Å². The maximum absolute atomic E-state index is 12.8. The summed E-state index contributed by atoms with van der Waals surface area (Å²) in [4.78, 5) is 62.3. The Balaban J connectivity index is 1.28. The number of nitrogens with one attached hydrogen (secondary N) is 3. The van der Waals surface area contributed by atoms with Crippen molar-refractivity contribution < 1.29 is 19.1 Å². The molecule has 3 amide bonds. The van der Waals surface area contributed by atoms with E-state index in [-0.39, 0.29) is 41.4 Å². The van der Waals surface area contributed by atoms with Crippen molar-refractivity contribution in [2.75, 3.05) is 27.2 Å². The number of nitrogens with zero attached hydrogens (tertiary/aromatic N) is 3. The molecule has 1 saturated heterocycles. The highest BCUT2D eigenvalue weighted by atomic mass is 16.5. The van der Waals surface area contributed by atoms with Crippen LogP contribution in [0.2, 0.25) is 0 Å². The smallest absolute Gasteiger partial charge is 0.270 e. The Hall–Kier alpha value is -4.28. The number of hydrogen-bond acceptors (Lipinski definition) is 7. The highest BCUT2D eigenvalue weighted by Crippen LogP contribution is 2.21. The summed E-state index contributed by atoms with van der Waals surface area (Å²) >= 11 is 0. The molecular formula is C25H28N6O5. The van der Waals surface area contributed by atoms with E-state index in [9.17, 15) is 19.2 Å². The second-order valence-corrected chi connectivity index (χ2v) is 8.51. The number of H-pyrrole nitrogens is 1. The highest BCUT2D eigenvalue weighted by molar-refractivity contribution is 5.96. The van der Waals surface area contributed by atoms with Gasteiger partial charge in [0.05, 0.1) is 18.1 Å². The van der Waals surface area contributed by atoms with Crippen LogP contribution >= 0.6 is 0 Å². The van der Waals surface area contributed by atoms with Crippen molar-refractivity contribution in [1.82, 2.24) is 30.5 Å². The van der Waals surface area contributed by atoms with Crippen LogP contribution in [-0.4, -0.2) is 70.9 Å². The number of hydrogen-bond donors (Lipinski definition) is 3. The fourth-order valence-corrected chi connectivity index (χ4v) is 4.19. The second kappa shape index (κ2) is 11.0. The van der Waals surface area contributed by atoms with Crippen LogP contribution in [0.3, 0.4) is 0 Å². The number of carbonyl (C=O) groups excluding carboxylic acids is 3. The van der Waals surface area contributed by atoms with Crippen molar-refractivity contribution in [2.24, 2.45) is 0 Å². The van der Waals surface area contributed by atoms with E-state index in [0.717, 1.165) is 0 Å². The van der Waals surface area contributed by atoms with E-state index in [4.69, 9.17) is 4.74 Å². The van der Waals surface area contributed by atoms with Gasteiger partial charge in [-0.25, -0.2) is 4.98 Å². The maximum atomic E-state index is 12.8. The normalized spacial score (nSPS) is 13.9. The van der Waals surface area contributed by atoms with Gasteiger partial charge in [0.1, 0.15) is 22.8 Å². The summed E-state index contributed by atoms with van der Waals surface area (Å²) < 4.78 is 5.30. The van der Waals surface area contributed by atoms with E-state index in [2.05, 4.69) is 25.6 Å². The zero-order valence-electron chi connectivity index (χ0n) is 20.2. The lowest BCUT2D eigenvalue weighted by atomic mass is 10.0. The molecule has 4 rings (SSSR count). The molecule has 1 aliphatic heterocycles. The van der Waals surface area contributed by atoms with E-state index < -0.39 is 0 Å². The third kappa shape index (κ3) is 5.51. The van der Waals surface area contributed by atoms with Gasteiger partial charge in [-0.3, -0.25) is 24.2 Å². The number of amides is 3. The van der Waals surface area contributed by atoms with Crippen molar-refractivity contribution in [3.8, 4) is 5.75 Å². The number of pyridine rings is 1. The fraction of sp³-hybridized carbons (Fsp3) is 0.360. The van der Waals surface area contributed by atoms with E-state index in [0.29, 0.717) is 60.4 Å². The van der Waals surface area contributed by atoms with Gasteiger partial charge in [-0.15, -0.1) is 0 Å². The van der Waals surface area contributed by atoms with Crippen molar-refractivity contribution in [3.63, 3.8) is 0 Å². The quantitative estimate of drug-likeness (QED) is 0.447. The highest BCUT2D eigenvalue weighted by Gasteiger charge is 2.24. The zero-order valence-corrected chi connectivity index (χ0v) is 20.2. The average molecular weight is 493 g/mol. The molecule has 0 spiro atoms. The number of ether oxygens (including phenoxy) is 1. The summed E-state index contributed by atoms with van der Waals surface area (Å²) in [6.45, 7) is 1.03. The number of para-hydroxylation sites is 1. The zero-order chi connectivity index (χ0) is 25.7. The number of likely N-dealkylation sites (tertiary alicyclic amines) is 1. The molecule has 188 valence electrons. The van der Waals surface area contributed by atoms with Crippen LogP contribution in [0.1, 0.15) is 45.9 Å². The van der Waals surface area contributed by atoms with E-state index in [1.165, 1.54) is 26.4 Å². The molecular weight excluding hydrogens is 464 g/mol. The Morgan fingerprint density at radius 3 is 2.58 bits per heavy atom. The number of carbonyl (C=O) groups is 3. The van der Waals surface area contributed by atoms with Crippen LogP contribution in [0.25, 0.3) is 10.9 Å². The average Bonchev–Trinajstić information content (AvgIpc) is 2.91. The van der Waals surface area contributed by atoms with Gasteiger partial charge in [0, 0.05) is 45.2 Å². The number of rotatable bonds is 7. The summed E-state index contributed by atoms with van der Waals surface area (Å²) in [6.07, 6.45) is 3.12. The van der Waals surface area contributed by atoms with Gasteiger partial charge in [0.2, 0.25) is 5.91 Å². The van der Waals surface area contributed by atoms with Crippen LogP contribution in [-0.2, 0) is 11.2 Å². The minimum absolute atomic E-state index is 0.0333. The molecule has 0 atom stereocenters. The standard InChI is InChI=1S/C25H28N6O5/c1-26-23(33)15-6-7-18(27-14-15)25(35)28-16-10-12-31(13-11-16)21(32)9-8-20-29-22-17(24(34)30-20)4-3-5-19(22)36-2/h3-7,14,16H,8-13H2,1-2H3,(H,26,33)(H,28,35)(H,29,30,34). The molecule has 0 bridgehead atoms. The predicted octanol–water partition coefficient (Wildman–Crippen LogP) is 1.04. The molecule has 11 nitrogen and oxygen atoms in total. The molecule has 3 heterocycles. The summed E-state index contributed by atoms with van der Waals surface area (Å²) in [7, 11) is 3.05. The number of aromatic nitrogens is 3. The molecule has 1 fully saturated rings. The van der Waals surface area contributed by atoms with Crippen LogP contribution in [0, 0.1) is 0 Å².